The number of nitrogens with one attached hydrogen (secondary N) is 1. The van der Waals surface area contributed by atoms with Crippen molar-refractivity contribution >= 4 is 17.6 Å². The van der Waals surface area contributed by atoms with Gasteiger partial charge in [-0.1, -0.05) is 0 Å². The Morgan fingerprint density at radius 1 is 1.32 bits per heavy atom. The van der Waals surface area contributed by atoms with Crippen LogP contribution in [0.4, 0.5) is 5.69 Å². The smallest absolute Gasteiger partial charge is 0.337 e. The first kappa shape index (κ1) is 15.1. The van der Waals surface area contributed by atoms with E-state index in [1.165, 1.54) is 7.11 Å². The van der Waals surface area contributed by atoms with Gasteiger partial charge in [0.15, 0.2) is 0 Å². The molecule has 19 heavy (non-hydrogen) atoms. The Labute approximate surface area is 112 Å². The first-order valence-electron chi connectivity index (χ1n) is 5.84. The maximum atomic E-state index is 11.6. The van der Waals surface area contributed by atoms with Crippen LogP contribution in [0, 0.1) is 0 Å². The predicted molar refractivity (Wildman–Crippen MR) is 71.0 cm³/mol. The van der Waals surface area contributed by atoms with Gasteiger partial charge in [-0.2, -0.15) is 0 Å². The molecule has 1 amide bonds. The van der Waals surface area contributed by atoms with Crippen LogP contribution in [0.1, 0.15) is 10.4 Å². The highest BCUT2D eigenvalue weighted by atomic mass is 16.5. The molecule has 0 fully saturated rings. The second-order valence-electron chi connectivity index (χ2n) is 4.08. The Morgan fingerprint density at radius 2 is 1.95 bits per heavy atom. The van der Waals surface area contributed by atoms with Crippen molar-refractivity contribution in [2.24, 2.45) is 0 Å². The van der Waals surface area contributed by atoms with Crippen LogP contribution in [0.2, 0.25) is 0 Å². The molecule has 0 aliphatic carbocycles. The van der Waals surface area contributed by atoms with Crippen LogP contribution in [-0.4, -0.2) is 55.7 Å². The van der Waals surface area contributed by atoms with Crippen LogP contribution in [0.5, 0.6) is 0 Å². The fourth-order valence-electron chi connectivity index (χ4n) is 1.50. The number of rotatable bonds is 6. The lowest BCUT2D eigenvalue weighted by atomic mass is 10.2. The van der Waals surface area contributed by atoms with Crippen molar-refractivity contribution in [3.63, 3.8) is 0 Å². The molecule has 0 spiro atoms. The van der Waals surface area contributed by atoms with Crippen LogP contribution >= 0.6 is 0 Å². The van der Waals surface area contributed by atoms with E-state index >= 15 is 0 Å². The van der Waals surface area contributed by atoms with Crippen molar-refractivity contribution in [1.29, 1.82) is 0 Å². The Kier molecular flexibility index (Phi) is 5.98. The summed E-state index contributed by atoms with van der Waals surface area (Å²) in [7, 11) is 3.06. The van der Waals surface area contributed by atoms with Gasteiger partial charge in [-0.15, -0.1) is 0 Å². The summed E-state index contributed by atoms with van der Waals surface area (Å²) in [5.41, 5.74) is 1.04. The fraction of sp³-hybridized carbons (Fsp3) is 0.385. The molecule has 1 aromatic rings. The molecular weight excluding hydrogens is 248 g/mol. The van der Waals surface area contributed by atoms with Crippen LogP contribution in [0.15, 0.2) is 24.3 Å². The summed E-state index contributed by atoms with van der Waals surface area (Å²) < 4.78 is 4.58. The number of aliphatic hydroxyl groups is 1. The van der Waals surface area contributed by atoms with Crippen molar-refractivity contribution in [3.05, 3.63) is 29.8 Å². The maximum absolute atomic E-state index is 11.6. The second kappa shape index (κ2) is 7.50. The summed E-state index contributed by atoms with van der Waals surface area (Å²) in [4.78, 5) is 24.6. The standard InChI is InChI=1S/C13H18N2O4/c1-15(7-8-16)9-12(17)14-11-5-3-10(4-6-11)13(18)19-2/h3-6,16H,7-9H2,1-2H3,(H,14,17). The summed E-state index contributed by atoms with van der Waals surface area (Å²) in [6, 6.07) is 6.43. The average molecular weight is 266 g/mol. The number of methoxy groups -OCH3 is 1. The molecule has 1 rings (SSSR count). The van der Waals surface area contributed by atoms with Crippen molar-refractivity contribution < 1.29 is 19.4 Å². The number of likely N-dealkylation sites (N-methyl/N-ethyl adjacent to an activating group) is 1. The molecule has 104 valence electrons. The minimum Gasteiger partial charge on any atom is -0.465 e. The summed E-state index contributed by atoms with van der Waals surface area (Å²) in [5.74, 6) is -0.595. The number of nitrogens with zero attached hydrogens (tertiary/aromatic N) is 1. The minimum absolute atomic E-state index is 0.0115. The third-order valence-corrected chi connectivity index (χ3v) is 2.48. The molecule has 2 N–H and O–H groups in total. The number of aliphatic hydroxyl groups excluding tert-OH is 1. The van der Waals surface area contributed by atoms with E-state index in [1.54, 1.807) is 36.2 Å². The molecule has 0 aliphatic heterocycles. The number of carbonyl (C=O) groups excluding carboxylic acids is 2. The van der Waals surface area contributed by atoms with Crippen molar-refractivity contribution in [1.82, 2.24) is 4.90 Å². The molecule has 0 atom stereocenters. The molecule has 0 saturated carbocycles. The number of anilines is 1. The van der Waals surface area contributed by atoms with E-state index in [2.05, 4.69) is 10.1 Å². The van der Waals surface area contributed by atoms with E-state index in [1.807, 2.05) is 0 Å². The molecular formula is C13H18N2O4. The van der Waals surface area contributed by atoms with E-state index in [-0.39, 0.29) is 19.1 Å². The number of hydrogen-bond acceptors (Lipinski definition) is 5. The number of amides is 1. The zero-order chi connectivity index (χ0) is 14.3. The summed E-state index contributed by atoms with van der Waals surface area (Å²) in [6.07, 6.45) is 0. The summed E-state index contributed by atoms with van der Waals surface area (Å²) in [5, 5.41) is 11.4. The lowest BCUT2D eigenvalue weighted by molar-refractivity contribution is -0.117. The molecule has 0 heterocycles. The monoisotopic (exact) mass is 266 g/mol. The molecule has 1 aromatic carbocycles. The van der Waals surface area contributed by atoms with Gasteiger partial charge in [-0.05, 0) is 31.3 Å². The highest BCUT2D eigenvalue weighted by Crippen LogP contribution is 2.10. The van der Waals surface area contributed by atoms with Crippen LogP contribution in [0.25, 0.3) is 0 Å². The van der Waals surface area contributed by atoms with Gasteiger partial charge in [0.1, 0.15) is 0 Å². The highest BCUT2D eigenvalue weighted by Gasteiger charge is 2.08. The number of esters is 1. The number of hydrogen-bond donors (Lipinski definition) is 2. The largest absolute Gasteiger partial charge is 0.465 e. The van der Waals surface area contributed by atoms with Crippen molar-refractivity contribution in [3.8, 4) is 0 Å². The van der Waals surface area contributed by atoms with E-state index in [0.29, 0.717) is 17.8 Å². The van der Waals surface area contributed by atoms with Crippen LogP contribution < -0.4 is 5.32 Å². The zero-order valence-electron chi connectivity index (χ0n) is 11.0. The maximum Gasteiger partial charge on any atom is 0.337 e. The highest BCUT2D eigenvalue weighted by molar-refractivity contribution is 5.93. The summed E-state index contributed by atoms with van der Waals surface area (Å²) in [6.45, 7) is 0.644. The fourth-order valence-corrected chi connectivity index (χ4v) is 1.50. The van der Waals surface area contributed by atoms with Crippen molar-refractivity contribution in [2.45, 2.75) is 0 Å². The predicted octanol–water partition coefficient (Wildman–Crippen LogP) is 0.336. The third kappa shape index (κ3) is 5.07. The SMILES string of the molecule is COC(=O)c1ccc(NC(=O)CN(C)CCO)cc1. The summed E-state index contributed by atoms with van der Waals surface area (Å²) >= 11 is 0. The van der Waals surface area contributed by atoms with Crippen LogP contribution in [-0.2, 0) is 9.53 Å². The first-order valence-corrected chi connectivity index (χ1v) is 5.84. The third-order valence-electron chi connectivity index (χ3n) is 2.48. The Bertz CT molecular complexity index is 431. The normalized spacial score (nSPS) is 10.3. The van der Waals surface area contributed by atoms with Gasteiger partial charge in [-0.25, -0.2) is 4.79 Å². The molecule has 0 aromatic heterocycles. The number of ether oxygens (including phenoxy) is 1. The molecule has 6 nitrogen and oxygen atoms in total. The van der Waals surface area contributed by atoms with Gasteiger partial charge in [-0.3, -0.25) is 9.69 Å². The lowest BCUT2D eigenvalue weighted by Gasteiger charge is -2.14. The van der Waals surface area contributed by atoms with E-state index < -0.39 is 5.97 Å². The van der Waals surface area contributed by atoms with Gasteiger partial charge in [0.25, 0.3) is 0 Å². The molecule has 6 heteroatoms. The van der Waals surface area contributed by atoms with Gasteiger partial charge in [0.2, 0.25) is 5.91 Å². The van der Waals surface area contributed by atoms with Gasteiger partial charge in [0.05, 0.1) is 25.8 Å². The van der Waals surface area contributed by atoms with E-state index in [9.17, 15) is 9.59 Å². The number of benzene rings is 1. The van der Waals surface area contributed by atoms with Gasteiger partial charge >= 0.3 is 5.97 Å². The zero-order valence-corrected chi connectivity index (χ0v) is 11.0. The molecule has 0 radical (unpaired) electrons. The topological polar surface area (TPSA) is 78.9 Å². The number of carbonyl (C=O) groups is 2. The minimum atomic E-state index is -0.416. The van der Waals surface area contributed by atoms with Crippen molar-refractivity contribution in [2.75, 3.05) is 39.2 Å². The molecule has 0 bridgehead atoms. The second-order valence-corrected chi connectivity index (χ2v) is 4.08. The van der Waals surface area contributed by atoms with Gasteiger partial charge in [0, 0.05) is 12.2 Å². The first-order chi connectivity index (χ1) is 9.06. The van der Waals surface area contributed by atoms with E-state index in [0.717, 1.165) is 0 Å². The lowest BCUT2D eigenvalue weighted by Crippen LogP contribution is -2.32. The average Bonchev–Trinajstić information content (AvgIpc) is 2.38. The molecule has 0 aliphatic rings. The Balaban J connectivity index is 2.53. The van der Waals surface area contributed by atoms with Gasteiger partial charge < -0.3 is 15.2 Å². The Morgan fingerprint density at radius 3 is 2.47 bits per heavy atom. The molecule has 0 unspecified atom stereocenters. The quantitative estimate of drug-likeness (QED) is 0.726. The Hall–Kier alpha value is -1.92. The molecule has 0 saturated heterocycles. The van der Waals surface area contributed by atoms with Crippen LogP contribution in [0.3, 0.4) is 0 Å². The van der Waals surface area contributed by atoms with E-state index in [4.69, 9.17) is 5.11 Å².